The molecular weight excluding hydrogens is 282 g/mol. The molecule has 0 saturated heterocycles. The summed E-state index contributed by atoms with van der Waals surface area (Å²) >= 11 is 0. The maximum atomic E-state index is 13.1. The predicted octanol–water partition coefficient (Wildman–Crippen LogP) is 4.62. The van der Waals surface area contributed by atoms with Gasteiger partial charge in [0, 0.05) is 18.2 Å². The van der Waals surface area contributed by atoms with E-state index in [9.17, 15) is 4.79 Å². The first-order valence-electron chi connectivity index (χ1n) is 8.66. The van der Waals surface area contributed by atoms with Crippen LogP contribution in [0.1, 0.15) is 47.2 Å². The van der Waals surface area contributed by atoms with Crippen molar-refractivity contribution in [3.05, 3.63) is 71.3 Å². The van der Waals surface area contributed by atoms with Crippen molar-refractivity contribution in [3.63, 3.8) is 0 Å². The maximum absolute atomic E-state index is 13.1. The molecule has 0 heterocycles. The second-order valence-corrected chi connectivity index (χ2v) is 6.49. The van der Waals surface area contributed by atoms with Crippen LogP contribution in [0.4, 0.5) is 0 Å². The summed E-state index contributed by atoms with van der Waals surface area (Å²) in [7, 11) is 0. The van der Waals surface area contributed by atoms with Gasteiger partial charge in [-0.05, 0) is 43.4 Å². The van der Waals surface area contributed by atoms with Crippen LogP contribution in [0, 0.1) is 6.92 Å². The summed E-state index contributed by atoms with van der Waals surface area (Å²) in [6.45, 7) is 2.83. The Kier molecular flexibility index (Phi) is 5.12. The SMILES string of the molecule is Cc1ccccc1C(=O)N(CCc1ccccc1)C1CCCC1. The van der Waals surface area contributed by atoms with E-state index in [0.29, 0.717) is 6.04 Å². The monoisotopic (exact) mass is 307 g/mol. The number of amides is 1. The summed E-state index contributed by atoms with van der Waals surface area (Å²) in [5.74, 6) is 0.200. The number of aryl methyl sites for hydroxylation is 1. The molecule has 23 heavy (non-hydrogen) atoms. The second kappa shape index (κ2) is 7.45. The average Bonchev–Trinajstić information content (AvgIpc) is 3.10. The summed E-state index contributed by atoms with van der Waals surface area (Å²) in [4.78, 5) is 15.2. The number of benzene rings is 2. The lowest BCUT2D eigenvalue weighted by Crippen LogP contribution is -2.40. The number of hydrogen-bond donors (Lipinski definition) is 0. The Morgan fingerprint density at radius 1 is 1.00 bits per heavy atom. The third-order valence-electron chi connectivity index (χ3n) is 4.89. The lowest BCUT2D eigenvalue weighted by atomic mass is 10.0. The normalized spacial score (nSPS) is 14.8. The third kappa shape index (κ3) is 3.82. The lowest BCUT2D eigenvalue weighted by Gasteiger charge is -2.30. The van der Waals surface area contributed by atoms with Crippen LogP contribution < -0.4 is 0 Å². The van der Waals surface area contributed by atoms with E-state index in [-0.39, 0.29) is 5.91 Å². The first-order chi connectivity index (χ1) is 11.3. The maximum Gasteiger partial charge on any atom is 0.254 e. The molecule has 1 aliphatic rings. The molecule has 1 saturated carbocycles. The van der Waals surface area contributed by atoms with Gasteiger partial charge in [-0.15, -0.1) is 0 Å². The first kappa shape index (κ1) is 15.8. The molecule has 0 aliphatic heterocycles. The van der Waals surface area contributed by atoms with E-state index in [1.165, 1.54) is 18.4 Å². The number of rotatable bonds is 5. The van der Waals surface area contributed by atoms with Gasteiger partial charge < -0.3 is 4.90 Å². The van der Waals surface area contributed by atoms with Crippen LogP contribution in [0.15, 0.2) is 54.6 Å². The molecule has 0 radical (unpaired) electrons. The van der Waals surface area contributed by atoms with E-state index in [2.05, 4.69) is 29.2 Å². The van der Waals surface area contributed by atoms with Crippen LogP contribution in [0.25, 0.3) is 0 Å². The van der Waals surface area contributed by atoms with Crippen LogP contribution in [-0.2, 0) is 6.42 Å². The zero-order chi connectivity index (χ0) is 16.1. The van der Waals surface area contributed by atoms with Gasteiger partial charge in [-0.3, -0.25) is 4.79 Å². The quantitative estimate of drug-likeness (QED) is 0.789. The zero-order valence-electron chi connectivity index (χ0n) is 13.9. The van der Waals surface area contributed by atoms with Crippen molar-refractivity contribution < 1.29 is 4.79 Å². The molecule has 2 heteroatoms. The molecule has 0 spiro atoms. The molecule has 1 aliphatic carbocycles. The van der Waals surface area contributed by atoms with Gasteiger partial charge in [0.05, 0.1) is 0 Å². The molecule has 120 valence electrons. The summed E-state index contributed by atoms with van der Waals surface area (Å²) in [5, 5.41) is 0. The Morgan fingerprint density at radius 3 is 2.35 bits per heavy atom. The van der Waals surface area contributed by atoms with Crippen molar-refractivity contribution in [2.75, 3.05) is 6.54 Å². The van der Waals surface area contributed by atoms with Gasteiger partial charge >= 0.3 is 0 Å². The smallest absolute Gasteiger partial charge is 0.254 e. The Bertz CT molecular complexity index is 644. The molecule has 2 aromatic rings. The van der Waals surface area contributed by atoms with Crippen LogP contribution in [0.2, 0.25) is 0 Å². The zero-order valence-corrected chi connectivity index (χ0v) is 13.9. The highest BCUT2D eigenvalue weighted by Crippen LogP contribution is 2.26. The van der Waals surface area contributed by atoms with Crippen LogP contribution >= 0.6 is 0 Å². The minimum atomic E-state index is 0.200. The molecule has 2 aromatic carbocycles. The van der Waals surface area contributed by atoms with Crippen LogP contribution in [-0.4, -0.2) is 23.4 Å². The van der Waals surface area contributed by atoms with Crippen molar-refractivity contribution in [2.24, 2.45) is 0 Å². The molecule has 1 fully saturated rings. The summed E-state index contributed by atoms with van der Waals surface area (Å²) < 4.78 is 0. The average molecular weight is 307 g/mol. The highest BCUT2D eigenvalue weighted by atomic mass is 16.2. The molecule has 0 unspecified atom stereocenters. The van der Waals surface area contributed by atoms with E-state index in [0.717, 1.165) is 36.9 Å². The van der Waals surface area contributed by atoms with Crippen molar-refractivity contribution in [1.29, 1.82) is 0 Å². The lowest BCUT2D eigenvalue weighted by molar-refractivity contribution is 0.0683. The summed E-state index contributed by atoms with van der Waals surface area (Å²) in [5.41, 5.74) is 3.22. The fourth-order valence-electron chi connectivity index (χ4n) is 3.53. The Morgan fingerprint density at radius 2 is 1.65 bits per heavy atom. The summed E-state index contributed by atoms with van der Waals surface area (Å²) in [6, 6.07) is 18.8. The Hall–Kier alpha value is -2.09. The van der Waals surface area contributed by atoms with E-state index in [1.54, 1.807) is 0 Å². The van der Waals surface area contributed by atoms with E-state index >= 15 is 0 Å². The van der Waals surface area contributed by atoms with Gasteiger partial charge in [0.2, 0.25) is 0 Å². The fraction of sp³-hybridized carbons (Fsp3) is 0.381. The van der Waals surface area contributed by atoms with Gasteiger partial charge in [0.15, 0.2) is 0 Å². The van der Waals surface area contributed by atoms with Crippen molar-refractivity contribution in [1.82, 2.24) is 4.90 Å². The topological polar surface area (TPSA) is 20.3 Å². The molecule has 3 rings (SSSR count). The minimum absolute atomic E-state index is 0.200. The molecular formula is C21H25NO. The van der Waals surface area contributed by atoms with Gasteiger partial charge in [-0.1, -0.05) is 61.4 Å². The number of hydrogen-bond acceptors (Lipinski definition) is 1. The van der Waals surface area contributed by atoms with Crippen LogP contribution in [0.5, 0.6) is 0 Å². The molecule has 0 aromatic heterocycles. The van der Waals surface area contributed by atoms with Gasteiger partial charge in [0.25, 0.3) is 5.91 Å². The van der Waals surface area contributed by atoms with Crippen molar-refractivity contribution in [2.45, 2.75) is 45.1 Å². The highest BCUT2D eigenvalue weighted by molar-refractivity contribution is 5.95. The first-order valence-corrected chi connectivity index (χ1v) is 8.66. The number of carbonyl (C=O) groups excluding carboxylic acids is 1. The van der Waals surface area contributed by atoms with Crippen LogP contribution in [0.3, 0.4) is 0 Å². The predicted molar refractivity (Wildman–Crippen MR) is 94.6 cm³/mol. The van der Waals surface area contributed by atoms with Gasteiger partial charge in [-0.25, -0.2) is 0 Å². The molecule has 0 N–H and O–H groups in total. The largest absolute Gasteiger partial charge is 0.335 e. The van der Waals surface area contributed by atoms with Crippen molar-refractivity contribution >= 4 is 5.91 Å². The van der Waals surface area contributed by atoms with E-state index in [1.807, 2.05) is 37.3 Å². The molecule has 0 atom stereocenters. The van der Waals surface area contributed by atoms with Gasteiger partial charge in [-0.2, -0.15) is 0 Å². The van der Waals surface area contributed by atoms with E-state index < -0.39 is 0 Å². The standard InChI is InChI=1S/C21H25NO/c1-17-9-5-8-14-20(17)21(23)22(19-12-6-7-13-19)16-15-18-10-3-2-4-11-18/h2-5,8-11,14,19H,6-7,12-13,15-16H2,1H3. The third-order valence-corrected chi connectivity index (χ3v) is 4.89. The van der Waals surface area contributed by atoms with Gasteiger partial charge in [0.1, 0.15) is 0 Å². The fourth-order valence-corrected chi connectivity index (χ4v) is 3.53. The Labute approximate surface area is 139 Å². The molecule has 1 amide bonds. The summed E-state index contributed by atoms with van der Waals surface area (Å²) in [6.07, 6.45) is 5.70. The highest BCUT2D eigenvalue weighted by Gasteiger charge is 2.27. The number of nitrogens with zero attached hydrogens (tertiary/aromatic N) is 1. The second-order valence-electron chi connectivity index (χ2n) is 6.49. The molecule has 2 nitrogen and oxygen atoms in total. The minimum Gasteiger partial charge on any atom is -0.335 e. The Balaban J connectivity index is 1.78. The molecule has 0 bridgehead atoms. The van der Waals surface area contributed by atoms with Crippen molar-refractivity contribution in [3.8, 4) is 0 Å². The number of carbonyl (C=O) groups is 1. The van der Waals surface area contributed by atoms with E-state index in [4.69, 9.17) is 0 Å².